The Morgan fingerprint density at radius 3 is 2.53 bits per heavy atom. The molecule has 0 aromatic carbocycles. The summed E-state index contributed by atoms with van der Waals surface area (Å²) in [5.74, 6) is -0.537. The number of nitrogens with two attached hydrogens (primary N) is 1. The number of aliphatic hydroxyl groups excluding tert-OH is 3. The molecule has 5 atom stereocenters. The lowest BCUT2D eigenvalue weighted by Gasteiger charge is -2.38. The lowest BCUT2D eigenvalue weighted by molar-refractivity contribution is -0.250. The zero-order valence-corrected chi connectivity index (χ0v) is 8.24. The van der Waals surface area contributed by atoms with Gasteiger partial charge < -0.3 is 30.5 Å². The van der Waals surface area contributed by atoms with Crippen LogP contribution < -0.4 is 5.73 Å². The molecule has 0 aliphatic carbocycles. The van der Waals surface area contributed by atoms with Gasteiger partial charge in [0.1, 0.15) is 24.9 Å². The average Bonchev–Trinajstić information content (AvgIpc) is 2.18. The lowest BCUT2D eigenvalue weighted by atomic mass is 9.98. The quantitative estimate of drug-likeness (QED) is 0.375. The molecule has 5 N–H and O–H groups in total. The third-order valence-electron chi connectivity index (χ3n) is 2.22. The van der Waals surface area contributed by atoms with Gasteiger partial charge >= 0.3 is 5.97 Å². The van der Waals surface area contributed by atoms with Gasteiger partial charge in [-0.15, -0.1) is 0 Å². The first-order valence-corrected chi connectivity index (χ1v) is 4.52. The molecule has 1 unspecified atom stereocenters. The Morgan fingerprint density at radius 1 is 1.40 bits per heavy atom. The number of carbonyl (C=O) groups is 1. The maximum absolute atomic E-state index is 10.5. The molecule has 0 amide bonds. The molecular weight excluding hydrogens is 206 g/mol. The minimum absolute atomic E-state index is 0.239. The summed E-state index contributed by atoms with van der Waals surface area (Å²) >= 11 is 0. The van der Waals surface area contributed by atoms with Gasteiger partial charge in [-0.05, 0) is 0 Å². The van der Waals surface area contributed by atoms with Gasteiger partial charge in [-0.3, -0.25) is 4.79 Å². The third kappa shape index (κ3) is 2.86. The van der Waals surface area contributed by atoms with Gasteiger partial charge in [0.15, 0.2) is 6.29 Å². The second kappa shape index (κ2) is 4.86. The zero-order valence-electron chi connectivity index (χ0n) is 8.24. The predicted molar refractivity (Wildman–Crippen MR) is 47.5 cm³/mol. The molecule has 1 heterocycles. The first-order chi connectivity index (χ1) is 6.93. The highest BCUT2D eigenvalue weighted by Gasteiger charge is 2.42. The highest BCUT2D eigenvalue weighted by molar-refractivity contribution is 5.65. The summed E-state index contributed by atoms with van der Waals surface area (Å²) in [6.07, 6.45) is -4.96. The third-order valence-corrected chi connectivity index (χ3v) is 2.22. The summed E-state index contributed by atoms with van der Waals surface area (Å²) in [5.41, 5.74) is 5.34. The summed E-state index contributed by atoms with van der Waals surface area (Å²) in [5, 5.41) is 28.1. The topological polar surface area (TPSA) is 122 Å². The number of esters is 1. The van der Waals surface area contributed by atoms with E-state index in [4.69, 9.17) is 10.5 Å². The molecule has 0 saturated carbocycles. The fraction of sp³-hybridized carbons (Fsp3) is 0.875. The maximum atomic E-state index is 10.5. The van der Waals surface area contributed by atoms with E-state index >= 15 is 0 Å². The number of ether oxygens (including phenoxy) is 2. The SMILES string of the molecule is CC(=O)OC[C@H]1OC(O)[C@@H](N)[C@@H](O)[C@@H]1O. The molecule has 1 rings (SSSR count). The molecule has 0 aromatic rings. The Hall–Kier alpha value is -0.730. The van der Waals surface area contributed by atoms with Crippen LogP contribution in [0.15, 0.2) is 0 Å². The van der Waals surface area contributed by atoms with E-state index in [1.807, 2.05) is 0 Å². The van der Waals surface area contributed by atoms with Crippen LogP contribution in [0, 0.1) is 0 Å². The Balaban J connectivity index is 2.54. The number of aliphatic hydroxyl groups is 3. The van der Waals surface area contributed by atoms with Crippen LogP contribution in [0.1, 0.15) is 6.92 Å². The summed E-state index contributed by atoms with van der Waals surface area (Å²) in [6, 6.07) is -1.08. The number of carbonyl (C=O) groups excluding carboxylic acids is 1. The molecule has 0 bridgehead atoms. The molecule has 7 nitrogen and oxygen atoms in total. The fourth-order valence-corrected chi connectivity index (χ4v) is 1.30. The number of hydrogen-bond donors (Lipinski definition) is 4. The first-order valence-electron chi connectivity index (χ1n) is 4.52. The normalized spacial score (nSPS) is 41.3. The van der Waals surface area contributed by atoms with Crippen LogP contribution >= 0.6 is 0 Å². The van der Waals surface area contributed by atoms with Gasteiger partial charge in [0.05, 0.1) is 6.04 Å². The minimum Gasteiger partial charge on any atom is -0.463 e. The van der Waals surface area contributed by atoms with Crippen molar-refractivity contribution in [1.82, 2.24) is 0 Å². The van der Waals surface area contributed by atoms with Crippen LogP contribution in [-0.4, -0.2) is 58.5 Å². The largest absolute Gasteiger partial charge is 0.463 e. The Labute approximate surface area is 86.4 Å². The van der Waals surface area contributed by atoms with E-state index in [2.05, 4.69) is 4.74 Å². The zero-order chi connectivity index (χ0) is 11.6. The van der Waals surface area contributed by atoms with Crippen LogP contribution in [0.2, 0.25) is 0 Å². The molecule has 1 fully saturated rings. The van der Waals surface area contributed by atoms with Crippen molar-refractivity contribution in [3.8, 4) is 0 Å². The minimum atomic E-state index is -1.39. The fourth-order valence-electron chi connectivity index (χ4n) is 1.30. The van der Waals surface area contributed by atoms with E-state index in [1.165, 1.54) is 6.92 Å². The molecule has 0 radical (unpaired) electrons. The van der Waals surface area contributed by atoms with Crippen molar-refractivity contribution in [2.45, 2.75) is 37.6 Å². The summed E-state index contributed by atoms with van der Waals surface area (Å²) in [6.45, 7) is 0.963. The van der Waals surface area contributed by atoms with E-state index in [0.29, 0.717) is 0 Å². The molecule has 88 valence electrons. The van der Waals surface area contributed by atoms with Crippen molar-refractivity contribution >= 4 is 5.97 Å². The predicted octanol–water partition coefficient (Wildman–Crippen LogP) is -2.68. The number of hydrogen-bond acceptors (Lipinski definition) is 7. The molecule has 0 spiro atoms. The summed E-state index contributed by atoms with van der Waals surface area (Å²) < 4.78 is 9.47. The van der Waals surface area contributed by atoms with Crippen LogP contribution in [-0.2, 0) is 14.3 Å². The molecule has 7 heteroatoms. The van der Waals surface area contributed by atoms with Crippen LogP contribution in [0.4, 0.5) is 0 Å². The highest BCUT2D eigenvalue weighted by atomic mass is 16.6. The maximum Gasteiger partial charge on any atom is 0.302 e. The average molecular weight is 221 g/mol. The van der Waals surface area contributed by atoms with E-state index in [1.54, 1.807) is 0 Å². The van der Waals surface area contributed by atoms with E-state index < -0.39 is 36.6 Å². The van der Waals surface area contributed by atoms with Gasteiger partial charge in [0.25, 0.3) is 0 Å². The summed E-state index contributed by atoms with van der Waals surface area (Å²) in [4.78, 5) is 10.5. The van der Waals surface area contributed by atoms with Crippen LogP contribution in [0.5, 0.6) is 0 Å². The van der Waals surface area contributed by atoms with Crippen molar-refractivity contribution in [2.75, 3.05) is 6.61 Å². The van der Waals surface area contributed by atoms with Crippen molar-refractivity contribution < 1.29 is 29.6 Å². The number of rotatable bonds is 2. The smallest absolute Gasteiger partial charge is 0.302 e. The molecule has 1 saturated heterocycles. The first kappa shape index (κ1) is 12.3. The van der Waals surface area contributed by atoms with Crippen LogP contribution in [0.3, 0.4) is 0 Å². The Bertz CT molecular complexity index is 235. The molecular formula is C8H15NO6. The van der Waals surface area contributed by atoms with Crippen molar-refractivity contribution in [3.63, 3.8) is 0 Å². The summed E-state index contributed by atoms with van der Waals surface area (Å²) in [7, 11) is 0. The monoisotopic (exact) mass is 221 g/mol. The van der Waals surface area contributed by atoms with Crippen molar-refractivity contribution in [1.29, 1.82) is 0 Å². The Kier molecular flexibility index (Phi) is 4.00. The molecule has 0 aromatic heterocycles. The second-order valence-corrected chi connectivity index (χ2v) is 3.43. The van der Waals surface area contributed by atoms with Gasteiger partial charge in [-0.1, -0.05) is 0 Å². The molecule has 1 aliphatic heterocycles. The van der Waals surface area contributed by atoms with E-state index in [9.17, 15) is 20.1 Å². The van der Waals surface area contributed by atoms with Gasteiger partial charge in [-0.25, -0.2) is 0 Å². The van der Waals surface area contributed by atoms with Crippen LogP contribution in [0.25, 0.3) is 0 Å². The Morgan fingerprint density at radius 2 is 2.00 bits per heavy atom. The highest BCUT2D eigenvalue weighted by Crippen LogP contribution is 2.18. The van der Waals surface area contributed by atoms with E-state index in [-0.39, 0.29) is 6.61 Å². The van der Waals surface area contributed by atoms with Crippen molar-refractivity contribution in [2.24, 2.45) is 5.73 Å². The van der Waals surface area contributed by atoms with Crippen molar-refractivity contribution in [3.05, 3.63) is 0 Å². The lowest BCUT2D eigenvalue weighted by Crippen LogP contribution is -2.62. The molecule has 1 aliphatic rings. The van der Waals surface area contributed by atoms with Gasteiger partial charge in [0.2, 0.25) is 0 Å². The van der Waals surface area contributed by atoms with E-state index in [0.717, 1.165) is 0 Å². The second-order valence-electron chi connectivity index (χ2n) is 3.43. The van der Waals surface area contributed by atoms with Gasteiger partial charge in [-0.2, -0.15) is 0 Å². The molecule has 15 heavy (non-hydrogen) atoms. The standard InChI is InChI=1S/C8H15NO6/c1-3(10)14-2-4-6(11)7(12)5(9)8(13)15-4/h4-8,11-13H,2,9H2,1H3/t4-,5+,6-,7-,8?/m1/s1. The van der Waals surface area contributed by atoms with Gasteiger partial charge in [0, 0.05) is 6.92 Å².